The first-order valence-corrected chi connectivity index (χ1v) is 5.88. The molecule has 1 heterocycles. The molecule has 0 aliphatic carbocycles. The van der Waals surface area contributed by atoms with Crippen LogP contribution in [0.4, 0.5) is 4.39 Å². The molecule has 0 amide bonds. The number of hydrogen-bond acceptors (Lipinski definition) is 2. The number of carbonyl (C=O) groups excluding carboxylic acids is 1. The van der Waals surface area contributed by atoms with Gasteiger partial charge in [0.15, 0.2) is 6.29 Å². The van der Waals surface area contributed by atoms with Crippen molar-refractivity contribution < 1.29 is 9.18 Å². The van der Waals surface area contributed by atoms with E-state index in [2.05, 4.69) is 4.98 Å². The van der Waals surface area contributed by atoms with Gasteiger partial charge in [-0.25, -0.2) is 4.39 Å². The first-order chi connectivity index (χ1) is 9.29. The number of fused-ring (bicyclic) bond motifs is 1. The predicted octanol–water partition coefficient (Wildman–Crippen LogP) is 3.85. The SMILES string of the molecule is O=Cc1cnc2ccccc2c1-c1ccc(F)cc1. The summed E-state index contributed by atoms with van der Waals surface area (Å²) in [5.41, 5.74) is 2.92. The second kappa shape index (κ2) is 4.61. The van der Waals surface area contributed by atoms with E-state index in [-0.39, 0.29) is 5.82 Å². The standard InChI is InChI=1S/C16H10FNO/c17-13-7-5-11(6-8-13)16-12(10-19)9-18-15-4-2-1-3-14(15)16/h1-10H. The Hall–Kier alpha value is -2.55. The fourth-order valence-corrected chi connectivity index (χ4v) is 2.18. The van der Waals surface area contributed by atoms with Gasteiger partial charge in [-0.3, -0.25) is 9.78 Å². The zero-order chi connectivity index (χ0) is 13.2. The van der Waals surface area contributed by atoms with Gasteiger partial charge in [-0.1, -0.05) is 30.3 Å². The number of para-hydroxylation sites is 1. The van der Waals surface area contributed by atoms with Crippen LogP contribution < -0.4 is 0 Å². The molecule has 1 aromatic heterocycles. The summed E-state index contributed by atoms with van der Waals surface area (Å²) in [5, 5.41) is 0.888. The van der Waals surface area contributed by atoms with Crippen LogP contribution in [0.15, 0.2) is 54.7 Å². The van der Waals surface area contributed by atoms with Crippen LogP contribution in [0.5, 0.6) is 0 Å². The van der Waals surface area contributed by atoms with Gasteiger partial charge < -0.3 is 0 Å². The lowest BCUT2D eigenvalue weighted by molar-refractivity contribution is 0.112. The van der Waals surface area contributed by atoms with Gasteiger partial charge in [0.1, 0.15) is 5.82 Å². The molecule has 2 nitrogen and oxygen atoms in total. The normalized spacial score (nSPS) is 10.6. The lowest BCUT2D eigenvalue weighted by atomic mass is 9.97. The van der Waals surface area contributed by atoms with E-state index < -0.39 is 0 Å². The molecule has 0 saturated heterocycles. The van der Waals surface area contributed by atoms with Crippen LogP contribution in [0.25, 0.3) is 22.0 Å². The molecule has 0 radical (unpaired) electrons. The number of aromatic nitrogens is 1. The fraction of sp³-hybridized carbons (Fsp3) is 0. The van der Waals surface area contributed by atoms with Crippen molar-refractivity contribution in [1.29, 1.82) is 0 Å². The summed E-state index contributed by atoms with van der Waals surface area (Å²) >= 11 is 0. The van der Waals surface area contributed by atoms with E-state index in [9.17, 15) is 9.18 Å². The van der Waals surface area contributed by atoms with Crippen LogP contribution in [0.2, 0.25) is 0 Å². The highest BCUT2D eigenvalue weighted by Crippen LogP contribution is 2.30. The third-order valence-corrected chi connectivity index (χ3v) is 3.06. The molecule has 3 heteroatoms. The molecule has 0 aliphatic heterocycles. The first kappa shape index (κ1) is 11.5. The van der Waals surface area contributed by atoms with Crippen LogP contribution in [-0.4, -0.2) is 11.3 Å². The fourth-order valence-electron chi connectivity index (χ4n) is 2.18. The molecule has 2 aromatic carbocycles. The minimum atomic E-state index is -0.297. The summed E-state index contributed by atoms with van der Waals surface area (Å²) in [5.74, 6) is -0.297. The molecule has 0 unspecified atom stereocenters. The number of benzene rings is 2. The monoisotopic (exact) mass is 251 g/mol. The minimum Gasteiger partial charge on any atom is -0.298 e. The van der Waals surface area contributed by atoms with E-state index in [0.717, 1.165) is 28.3 Å². The molecule has 3 rings (SSSR count). The third kappa shape index (κ3) is 1.99. The van der Waals surface area contributed by atoms with Gasteiger partial charge in [0, 0.05) is 22.7 Å². The summed E-state index contributed by atoms with van der Waals surface area (Å²) in [6.45, 7) is 0. The number of hydrogen-bond donors (Lipinski definition) is 0. The summed E-state index contributed by atoms with van der Waals surface area (Å²) in [7, 11) is 0. The van der Waals surface area contributed by atoms with Gasteiger partial charge in [0.25, 0.3) is 0 Å². The van der Waals surface area contributed by atoms with Gasteiger partial charge in [-0.15, -0.1) is 0 Å². The van der Waals surface area contributed by atoms with Crippen LogP contribution in [0.1, 0.15) is 10.4 Å². The Bertz CT molecular complexity index is 750. The van der Waals surface area contributed by atoms with Crippen LogP contribution in [0, 0.1) is 5.82 Å². The quantitative estimate of drug-likeness (QED) is 0.647. The molecule has 92 valence electrons. The van der Waals surface area contributed by atoms with Gasteiger partial charge in [0.05, 0.1) is 5.52 Å². The van der Waals surface area contributed by atoms with Gasteiger partial charge >= 0.3 is 0 Å². The Morgan fingerprint density at radius 1 is 1.00 bits per heavy atom. The molecule has 3 aromatic rings. The van der Waals surface area contributed by atoms with E-state index >= 15 is 0 Å². The Morgan fingerprint density at radius 2 is 1.74 bits per heavy atom. The van der Waals surface area contributed by atoms with E-state index in [1.54, 1.807) is 18.3 Å². The van der Waals surface area contributed by atoms with Crippen molar-refractivity contribution in [1.82, 2.24) is 4.98 Å². The zero-order valence-electron chi connectivity index (χ0n) is 10.0. The first-order valence-electron chi connectivity index (χ1n) is 5.88. The van der Waals surface area contributed by atoms with Crippen LogP contribution >= 0.6 is 0 Å². The molecule has 0 fully saturated rings. The number of nitrogens with zero attached hydrogens (tertiary/aromatic N) is 1. The van der Waals surface area contributed by atoms with Gasteiger partial charge in [0.2, 0.25) is 0 Å². The molecule has 0 saturated carbocycles. The van der Waals surface area contributed by atoms with E-state index in [0.29, 0.717) is 5.56 Å². The van der Waals surface area contributed by atoms with Crippen LogP contribution in [-0.2, 0) is 0 Å². The molecular formula is C16H10FNO. The maximum Gasteiger partial charge on any atom is 0.152 e. The molecule has 0 N–H and O–H groups in total. The van der Waals surface area contributed by atoms with Crippen molar-refractivity contribution in [3.63, 3.8) is 0 Å². The molecular weight excluding hydrogens is 241 g/mol. The van der Waals surface area contributed by atoms with Crippen molar-refractivity contribution >= 4 is 17.2 Å². The smallest absolute Gasteiger partial charge is 0.152 e. The van der Waals surface area contributed by atoms with Gasteiger partial charge in [-0.2, -0.15) is 0 Å². The van der Waals surface area contributed by atoms with Crippen molar-refractivity contribution in [2.24, 2.45) is 0 Å². The average molecular weight is 251 g/mol. The van der Waals surface area contributed by atoms with E-state index in [1.807, 2.05) is 24.3 Å². The molecule has 0 spiro atoms. The lowest BCUT2D eigenvalue weighted by Crippen LogP contribution is -1.92. The molecule has 0 atom stereocenters. The second-order valence-electron chi connectivity index (χ2n) is 4.23. The number of aldehydes is 1. The number of rotatable bonds is 2. The van der Waals surface area contributed by atoms with Gasteiger partial charge in [-0.05, 0) is 23.8 Å². The molecule has 0 aliphatic rings. The minimum absolute atomic E-state index is 0.297. The molecule has 0 bridgehead atoms. The number of halogens is 1. The average Bonchev–Trinajstić information content (AvgIpc) is 2.47. The highest BCUT2D eigenvalue weighted by atomic mass is 19.1. The summed E-state index contributed by atoms with van der Waals surface area (Å²) in [4.78, 5) is 15.4. The Balaban J connectivity index is 2.36. The maximum absolute atomic E-state index is 13.0. The van der Waals surface area contributed by atoms with E-state index in [4.69, 9.17) is 0 Å². The van der Waals surface area contributed by atoms with Crippen molar-refractivity contribution in [2.45, 2.75) is 0 Å². The lowest BCUT2D eigenvalue weighted by Gasteiger charge is -2.09. The molecule has 19 heavy (non-hydrogen) atoms. The summed E-state index contributed by atoms with van der Waals surface area (Å²) in [6, 6.07) is 13.7. The topological polar surface area (TPSA) is 30.0 Å². The number of carbonyl (C=O) groups is 1. The Morgan fingerprint density at radius 3 is 2.47 bits per heavy atom. The second-order valence-corrected chi connectivity index (χ2v) is 4.23. The van der Waals surface area contributed by atoms with Crippen molar-refractivity contribution in [2.75, 3.05) is 0 Å². The van der Waals surface area contributed by atoms with Crippen molar-refractivity contribution in [3.8, 4) is 11.1 Å². The van der Waals surface area contributed by atoms with Crippen LogP contribution in [0.3, 0.4) is 0 Å². The predicted molar refractivity (Wildman–Crippen MR) is 72.5 cm³/mol. The maximum atomic E-state index is 13.0. The third-order valence-electron chi connectivity index (χ3n) is 3.06. The van der Waals surface area contributed by atoms with E-state index in [1.165, 1.54) is 12.1 Å². The highest BCUT2D eigenvalue weighted by Gasteiger charge is 2.10. The van der Waals surface area contributed by atoms with Crippen molar-refractivity contribution in [3.05, 3.63) is 66.1 Å². The Kier molecular flexibility index (Phi) is 2.80. The highest BCUT2D eigenvalue weighted by molar-refractivity contribution is 6.02. The summed E-state index contributed by atoms with van der Waals surface area (Å²) < 4.78 is 13.0. The summed E-state index contributed by atoms with van der Waals surface area (Å²) in [6.07, 6.45) is 2.33. The number of pyridine rings is 1. The Labute approximate surface area is 109 Å². The largest absolute Gasteiger partial charge is 0.298 e. The zero-order valence-corrected chi connectivity index (χ0v) is 10.0.